The normalized spacial score (nSPS) is 11.9. The summed E-state index contributed by atoms with van der Waals surface area (Å²) in [5.74, 6) is 6.49. The van der Waals surface area contributed by atoms with Crippen molar-refractivity contribution in [2.75, 3.05) is 19.7 Å². The summed E-state index contributed by atoms with van der Waals surface area (Å²) in [7, 11) is 0. The smallest absolute Gasteiger partial charge is 0.0434 e. The number of nitrogens with one attached hydrogen (secondary N) is 1. The Morgan fingerprint density at radius 2 is 2.23 bits per heavy atom. The summed E-state index contributed by atoms with van der Waals surface area (Å²) in [5, 5.41) is 12.1. The first kappa shape index (κ1) is 12.5. The Morgan fingerprint density at radius 3 is 2.77 bits per heavy atom. The maximum absolute atomic E-state index is 8.76. The van der Waals surface area contributed by atoms with Gasteiger partial charge in [0.25, 0.3) is 0 Å². The third-order valence-corrected chi connectivity index (χ3v) is 2.15. The van der Waals surface area contributed by atoms with Crippen molar-refractivity contribution < 1.29 is 5.11 Å². The molecule has 0 aromatic rings. The molecule has 0 fully saturated rings. The third kappa shape index (κ3) is 7.83. The molecule has 0 spiro atoms. The van der Waals surface area contributed by atoms with Gasteiger partial charge in [0.1, 0.15) is 0 Å². The molecule has 0 saturated carbocycles. The summed E-state index contributed by atoms with van der Waals surface area (Å²) in [6, 6.07) is 0. The van der Waals surface area contributed by atoms with E-state index in [1.54, 1.807) is 0 Å². The summed E-state index contributed by atoms with van der Waals surface area (Å²) in [5.41, 5.74) is 0. The number of rotatable bonds is 7. The second-order valence-electron chi connectivity index (χ2n) is 3.17. The van der Waals surface area contributed by atoms with E-state index in [4.69, 9.17) is 5.11 Å². The van der Waals surface area contributed by atoms with Crippen LogP contribution in [0.4, 0.5) is 0 Å². The predicted octanol–water partition coefficient (Wildman–Crippen LogP) is 1.40. The first-order valence-corrected chi connectivity index (χ1v) is 5.06. The molecule has 76 valence electrons. The van der Waals surface area contributed by atoms with Crippen molar-refractivity contribution in [2.45, 2.75) is 33.1 Å². The number of aliphatic hydroxyl groups excluding tert-OH is 1. The topological polar surface area (TPSA) is 32.3 Å². The number of hydrogen-bond donors (Lipinski definition) is 2. The molecule has 0 heterocycles. The lowest BCUT2D eigenvalue weighted by atomic mass is 10.0. The molecule has 1 unspecified atom stereocenters. The fraction of sp³-hybridized carbons (Fsp3) is 0.818. The van der Waals surface area contributed by atoms with Gasteiger partial charge in [-0.25, -0.2) is 0 Å². The van der Waals surface area contributed by atoms with Gasteiger partial charge in [0.2, 0.25) is 0 Å². The largest absolute Gasteiger partial charge is 0.396 e. The van der Waals surface area contributed by atoms with Gasteiger partial charge in [-0.3, -0.25) is 0 Å². The molecule has 0 saturated heterocycles. The lowest BCUT2D eigenvalue weighted by Crippen LogP contribution is -2.24. The SMILES string of the molecule is CC#CCCNCC(CC)CCO. The Morgan fingerprint density at radius 1 is 1.46 bits per heavy atom. The molecule has 2 N–H and O–H groups in total. The fourth-order valence-corrected chi connectivity index (χ4v) is 1.22. The van der Waals surface area contributed by atoms with Crippen molar-refractivity contribution >= 4 is 0 Å². The van der Waals surface area contributed by atoms with E-state index < -0.39 is 0 Å². The Kier molecular flexibility index (Phi) is 9.18. The van der Waals surface area contributed by atoms with Gasteiger partial charge in [0.05, 0.1) is 0 Å². The summed E-state index contributed by atoms with van der Waals surface area (Å²) in [6.07, 6.45) is 2.96. The Balaban J connectivity index is 3.30. The van der Waals surface area contributed by atoms with E-state index in [0.29, 0.717) is 12.5 Å². The van der Waals surface area contributed by atoms with Crippen LogP contribution in [0, 0.1) is 17.8 Å². The van der Waals surface area contributed by atoms with Crippen molar-refractivity contribution in [3.05, 3.63) is 0 Å². The van der Waals surface area contributed by atoms with Gasteiger partial charge >= 0.3 is 0 Å². The highest BCUT2D eigenvalue weighted by atomic mass is 16.3. The number of hydrogen-bond acceptors (Lipinski definition) is 2. The first-order valence-electron chi connectivity index (χ1n) is 5.06. The summed E-state index contributed by atoms with van der Waals surface area (Å²) < 4.78 is 0. The van der Waals surface area contributed by atoms with Gasteiger partial charge in [-0.1, -0.05) is 13.3 Å². The molecule has 0 bridgehead atoms. The van der Waals surface area contributed by atoms with Gasteiger partial charge in [-0.05, 0) is 25.8 Å². The van der Waals surface area contributed by atoms with Gasteiger partial charge in [0, 0.05) is 19.6 Å². The molecular weight excluding hydrogens is 162 g/mol. The molecule has 2 heteroatoms. The quantitative estimate of drug-likeness (QED) is 0.462. The average molecular weight is 183 g/mol. The Hall–Kier alpha value is -0.520. The highest BCUT2D eigenvalue weighted by Crippen LogP contribution is 2.05. The van der Waals surface area contributed by atoms with Crippen LogP contribution in [0.3, 0.4) is 0 Å². The minimum Gasteiger partial charge on any atom is -0.396 e. The molecule has 0 rings (SSSR count). The predicted molar refractivity (Wildman–Crippen MR) is 56.4 cm³/mol. The summed E-state index contributed by atoms with van der Waals surface area (Å²) in [4.78, 5) is 0. The van der Waals surface area contributed by atoms with Gasteiger partial charge < -0.3 is 10.4 Å². The Bertz CT molecular complexity index is 157. The molecule has 1 atom stereocenters. The van der Waals surface area contributed by atoms with Crippen LogP contribution in [0.2, 0.25) is 0 Å². The van der Waals surface area contributed by atoms with Crippen molar-refractivity contribution in [3.8, 4) is 11.8 Å². The van der Waals surface area contributed by atoms with E-state index >= 15 is 0 Å². The minimum atomic E-state index is 0.301. The fourth-order valence-electron chi connectivity index (χ4n) is 1.22. The van der Waals surface area contributed by atoms with Crippen molar-refractivity contribution in [1.29, 1.82) is 0 Å². The van der Waals surface area contributed by atoms with E-state index in [-0.39, 0.29) is 0 Å². The highest BCUT2D eigenvalue weighted by molar-refractivity contribution is 4.95. The third-order valence-electron chi connectivity index (χ3n) is 2.15. The standard InChI is InChI=1S/C11H21NO/c1-3-5-6-8-12-10-11(4-2)7-9-13/h11-13H,4,6-10H2,1-2H3. The van der Waals surface area contributed by atoms with Gasteiger partial charge in [-0.2, -0.15) is 0 Å². The second-order valence-corrected chi connectivity index (χ2v) is 3.17. The average Bonchev–Trinajstić information content (AvgIpc) is 2.16. The molecule has 2 nitrogen and oxygen atoms in total. The monoisotopic (exact) mass is 183 g/mol. The van der Waals surface area contributed by atoms with E-state index in [1.807, 2.05) is 6.92 Å². The van der Waals surface area contributed by atoms with Crippen LogP contribution in [-0.2, 0) is 0 Å². The van der Waals surface area contributed by atoms with E-state index in [1.165, 1.54) is 0 Å². The van der Waals surface area contributed by atoms with Gasteiger partial charge in [-0.15, -0.1) is 11.8 Å². The zero-order valence-corrected chi connectivity index (χ0v) is 8.77. The maximum Gasteiger partial charge on any atom is 0.0434 e. The molecule has 0 aromatic heterocycles. The lowest BCUT2D eigenvalue weighted by molar-refractivity contribution is 0.251. The zero-order chi connectivity index (χ0) is 9.94. The van der Waals surface area contributed by atoms with Crippen LogP contribution in [0.15, 0.2) is 0 Å². The molecule has 13 heavy (non-hydrogen) atoms. The van der Waals surface area contributed by atoms with Crippen LogP contribution in [0.1, 0.15) is 33.1 Å². The Labute approximate surface area is 81.7 Å². The van der Waals surface area contributed by atoms with Crippen LogP contribution < -0.4 is 5.32 Å². The molecule has 0 aliphatic carbocycles. The lowest BCUT2D eigenvalue weighted by Gasteiger charge is -2.13. The first-order chi connectivity index (χ1) is 6.35. The van der Waals surface area contributed by atoms with E-state index in [2.05, 4.69) is 24.1 Å². The van der Waals surface area contributed by atoms with E-state index in [0.717, 1.165) is 32.4 Å². The van der Waals surface area contributed by atoms with Crippen molar-refractivity contribution in [1.82, 2.24) is 5.32 Å². The minimum absolute atomic E-state index is 0.301. The molecule has 0 aliphatic rings. The van der Waals surface area contributed by atoms with Crippen molar-refractivity contribution in [2.24, 2.45) is 5.92 Å². The molecular formula is C11H21NO. The molecule has 0 radical (unpaired) electrons. The number of aliphatic hydroxyl groups is 1. The zero-order valence-electron chi connectivity index (χ0n) is 8.77. The second kappa shape index (κ2) is 9.57. The molecule has 0 amide bonds. The summed E-state index contributed by atoms with van der Waals surface area (Å²) >= 11 is 0. The van der Waals surface area contributed by atoms with E-state index in [9.17, 15) is 0 Å². The molecule has 0 aromatic carbocycles. The van der Waals surface area contributed by atoms with Crippen LogP contribution >= 0.6 is 0 Å². The van der Waals surface area contributed by atoms with Crippen LogP contribution in [0.5, 0.6) is 0 Å². The van der Waals surface area contributed by atoms with Crippen LogP contribution in [0.25, 0.3) is 0 Å². The van der Waals surface area contributed by atoms with Crippen LogP contribution in [-0.4, -0.2) is 24.8 Å². The van der Waals surface area contributed by atoms with Crippen molar-refractivity contribution in [3.63, 3.8) is 0 Å². The maximum atomic E-state index is 8.76. The molecule has 0 aliphatic heterocycles. The highest BCUT2D eigenvalue weighted by Gasteiger charge is 2.03. The van der Waals surface area contributed by atoms with Gasteiger partial charge in [0.15, 0.2) is 0 Å². The summed E-state index contributed by atoms with van der Waals surface area (Å²) in [6.45, 7) is 6.29.